The van der Waals surface area contributed by atoms with Gasteiger partial charge >= 0.3 is 0 Å². The zero-order valence-electron chi connectivity index (χ0n) is 11.4. The monoisotopic (exact) mass is 262 g/mol. The largest absolute Gasteiger partial charge is 0.299 e. The van der Waals surface area contributed by atoms with Crippen molar-refractivity contribution < 1.29 is 9.59 Å². The van der Waals surface area contributed by atoms with Crippen LogP contribution in [0.3, 0.4) is 0 Å². The molecule has 102 valence electrons. The van der Waals surface area contributed by atoms with Crippen molar-refractivity contribution in [3.63, 3.8) is 0 Å². The highest BCUT2D eigenvalue weighted by molar-refractivity contribution is 6.05. The summed E-state index contributed by atoms with van der Waals surface area (Å²) in [7, 11) is 0. The molecule has 0 radical (unpaired) electrons. The summed E-state index contributed by atoms with van der Waals surface area (Å²) in [6, 6.07) is 1.64. The predicted molar refractivity (Wildman–Crippen MR) is 70.9 cm³/mol. The van der Waals surface area contributed by atoms with Crippen molar-refractivity contribution in [3.8, 4) is 0 Å². The molecule has 0 bridgehead atoms. The Morgan fingerprint density at radius 1 is 1.47 bits per heavy atom. The fraction of sp³-hybridized carbons (Fsp3) is 0.538. The molecule has 0 aromatic carbocycles. The average molecular weight is 262 g/mol. The van der Waals surface area contributed by atoms with E-state index in [9.17, 15) is 9.59 Å². The second-order valence-electron chi connectivity index (χ2n) is 5.79. The number of rotatable bonds is 2. The molecule has 6 heteroatoms. The predicted octanol–water partition coefficient (Wildman–Crippen LogP) is 1.58. The van der Waals surface area contributed by atoms with Crippen molar-refractivity contribution in [2.24, 2.45) is 10.5 Å². The quantitative estimate of drug-likeness (QED) is 0.793. The lowest BCUT2D eigenvalue weighted by molar-refractivity contribution is -0.120. The van der Waals surface area contributed by atoms with Gasteiger partial charge in [0.25, 0.3) is 5.91 Å². The molecule has 0 saturated heterocycles. The summed E-state index contributed by atoms with van der Waals surface area (Å²) in [5.74, 6) is -0.201. The second kappa shape index (κ2) is 4.95. The lowest BCUT2D eigenvalue weighted by atomic mass is 9.76. The van der Waals surface area contributed by atoms with Crippen molar-refractivity contribution in [2.75, 3.05) is 0 Å². The molecule has 6 nitrogen and oxygen atoms in total. The number of nitrogens with zero attached hydrogens (tertiary/aromatic N) is 2. The first kappa shape index (κ1) is 13.5. The third kappa shape index (κ3) is 3.49. The Morgan fingerprint density at radius 3 is 2.79 bits per heavy atom. The molecule has 1 heterocycles. The Balaban J connectivity index is 2.02. The van der Waals surface area contributed by atoms with Gasteiger partial charge in [-0.3, -0.25) is 14.7 Å². The van der Waals surface area contributed by atoms with E-state index in [0.29, 0.717) is 18.5 Å². The van der Waals surface area contributed by atoms with Crippen molar-refractivity contribution in [2.45, 2.75) is 40.0 Å². The van der Waals surface area contributed by atoms with E-state index in [-0.39, 0.29) is 17.1 Å². The molecule has 19 heavy (non-hydrogen) atoms. The molecule has 2 N–H and O–H groups in total. The van der Waals surface area contributed by atoms with Crippen LogP contribution in [0.1, 0.15) is 49.3 Å². The molecule has 2 rings (SSSR count). The number of carbonyl (C=O) groups excluding carboxylic acids is 2. The maximum Gasteiger partial charge on any atom is 0.291 e. The van der Waals surface area contributed by atoms with E-state index in [4.69, 9.17) is 0 Å². The van der Waals surface area contributed by atoms with Crippen LogP contribution in [0.5, 0.6) is 0 Å². The molecule has 0 unspecified atom stereocenters. The van der Waals surface area contributed by atoms with Crippen LogP contribution in [0.4, 0.5) is 0 Å². The van der Waals surface area contributed by atoms with Crippen LogP contribution in [0.15, 0.2) is 11.2 Å². The van der Waals surface area contributed by atoms with Gasteiger partial charge < -0.3 is 0 Å². The lowest BCUT2D eigenvalue weighted by Crippen LogP contribution is -2.31. The van der Waals surface area contributed by atoms with Crippen LogP contribution >= 0.6 is 0 Å². The number of hydrogen-bond acceptors (Lipinski definition) is 4. The number of amides is 1. The van der Waals surface area contributed by atoms with Gasteiger partial charge in [0.1, 0.15) is 5.78 Å². The number of aryl methyl sites for hydroxylation is 1. The highest BCUT2D eigenvalue weighted by Crippen LogP contribution is 2.31. The summed E-state index contributed by atoms with van der Waals surface area (Å²) in [4.78, 5) is 23.4. The first-order chi connectivity index (χ1) is 8.85. The molecule has 1 fully saturated rings. The van der Waals surface area contributed by atoms with Crippen molar-refractivity contribution >= 4 is 17.4 Å². The highest BCUT2D eigenvalue weighted by atomic mass is 16.2. The Kier molecular flexibility index (Phi) is 3.50. The third-order valence-electron chi connectivity index (χ3n) is 3.01. The first-order valence-corrected chi connectivity index (χ1v) is 6.25. The molecule has 1 aromatic heterocycles. The summed E-state index contributed by atoms with van der Waals surface area (Å²) < 4.78 is 0. The fourth-order valence-electron chi connectivity index (χ4n) is 2.30. The van der Waals surface area contributed by atoms with Gasteiger partial charge in [-0.1, -0.05) is 13.8 Å². The molecule has 1 amide bonds. The zero-order chi connectivity index (χ0) is 14.0. The number of carbonyl (C=O) groups is 2. The van der Waals surface area contributed by atoms with Crippen molar-refractivity contribution in [3.05, 3.63) is 17.5 Å². The zero-order valence-corrected chi connectivity index (χ0v) is 11.4. The number of Topliss-reactive ketones (excluding diaryl/α,β-unsaturated/α-hetero) is 1. The maximum absolute atomic E-state index is 11.8. The average Bonchev–Trinajstić information content (AvgIpc) is 2.70. The number of hydrazone groups is 1. The SMILES string of the molecule is Cc1cc(C(=O)N/N=C2/CC(=O)CC(C)(C)C2)n[nH]1. The first-order valence-electron chi connectivity index (χ1n) is 6.25. The summed E-state index contributed by atoms with van der Waals surface area (Å²) in [5, 5.41) is 10.6. The topological polar surface area (TPSA) is 87.2 Å². The molecule has 1 aromatic rings. The van der Waals surface area contributed by atoms with Gasteiger partial charge in [0.2, 0.25) is 0 Å². The van der Waals surface area contributed by atoms with Crippen LogP contribution in [-0.4, -0.2) is 27.6 Å². The van der Waals surface area contributed by atoms with Gasteiger partial charge in [0.05, 0.1) is 0 Å². The summed E-state index contributed by atoms with van der Waals surface area (Å²) in [5.41, 5.74) is 4.20. The van der Waals surface area contributed by atoms with E-state index in [1.165, 1.54) is 0 Å². The lowest BCUT2D eigenvalue weighted by Gasteiger charge is -2.28. The van der Waals surface area contributed by atoms with Crippen LogP contribution in [0.25, 0.3) is 0 Å². The standard InChI is InChI=1S/C13H18N4O2/c1-8-4-11(16-14-8)12(19)17-15-9-5-10(18)7-13(2,3)6-9/h4H,5-7H2,1-3H3,(H,14,16)(H,17,19)/b15-9-. The Bertz CT molecular complexity index is 543. The summed E-state index contributed by atoms with van der Waals surface area (Å²) in [6.45, 7) is 5.87. The molecule has 1 aliphatic carbocycles. The molecule has 0 aliphatic heterocycles. The Morgan fingerprint density at radius 2 is 2.21 bits per heavy atom. The molecular weight excluding hydrogens is 244 g/mol. The molecule has 1 saturated carbocycles. The van der Waals surface area contributed by atoms with Gasteiger partial charge in [-0.15, -0.1) is 0 Å². The second-order valence-corrected chi connectivity index (χ2v) is 5.79. The molecule has 0 atom stereocenters. The summed E-state index contributed by atoms with van der Waals surface area (Å²) in [6.07, 6.45) is 1.61. The third-order valence-corrected chi connectivity index (χ3v) is 3.01. The Hall–Kier alpha value is -1.98. The van der Waals surface area contributed by atoms with Gasteiger partial charge in [0, 0.05) is 24.2 Å². The van der Waals surface area contributed by atoms with Gasteiger partial charge in [0.15, 0.2) is 5.69 Å². The maximum atomic E-state index is 11.8. The van der Waals surface area contributed by atoms with Gasteiger partial charge in [-0.2, -0.15) is 10.2 Å². The molecule has 1 aliphatic rings. The van der Waals surface area contributed by atoms with E-state index in [1.54, 1.807) is 6.07 Å². The Labute approximate surface area is 111 Å². The normalized spacial score (nSPS) is 20.6. The fourth-order valence-corrected chi connectivity index (χ4v) is 2.30. The van der Waals surface area contributed by atoms with Crippen LogP contribution in [-0.2, 0) is 4.79 Å². The van der Waals surface area contributed by atoms with Crippen LogP contribution in [0, 0.1) is 12.3 Å². The minimum absolute atomic E-state index is 0.0815. The minimum Gasteiger partial charge on any atom is -0.299 e. The number of ketones is 1. The van der Waals surface area contributed by atoms with E-state index in [1.807, 2.05) is 20.8 Å². The highest BCUT2D eigenvalue weighted by Gasteiger charge is 2.30. The summed E-state index contributed by atoms with van der Waals surface area (Å²) >= 11 is 0. The van der Waals surface area contributed by atoms with Crippen molar-refractivity contribution in [1.82, 2.24) is 15.6 Å². The van der Waals surface area contributed by atoms with Crippen LogP contribution in [0.2, 0.25) is 0 Å². The minimum atomic E-state index is -0.368. The molecule has 0 spiro atoms. The van der Waals surface area contributed by atoms with Gasteiger partial charge in [-0.05, 0) is 24.8 Å². The molecular formula is C13H18N4O2. The van der Waals surface area contributed by atoms with E-state index >= 15 is 0 Å². The number of nitrogens with one attached hydrogen (secondary N) is 2. The van der Waals surface area contributed by atoms with Crippen molar-refractivity contribution in [1.29, 1.82) is 0 Å². The van der Waals surface area contributed by atoms with E-state index < -0.39 is 0 Å². The van der Waals surface area contributed by atoms with Gasteiger partial charge in [-0.25, -0.2) is 5.43 Å². The van der Waals surface area contributed by atoms with E-state index in [0.717, 1.165) is 17.8 Å². The smallest absolute Gasteiger partial charge is 0.291 e. The number of aromatic nitrogens is 2. The number of H-pyrrole nitrogens is 1. The number of hydrogen-bond donors (Lipinski definition) is 2. The van der Waals surface area contributed by atoms with Crippen LogP contribution < -0.4 is 5.43 Å². The number of aromatic amines is 1. The van der Waals surface area contributed by atoms with E-state index in [2.05, 4.69) is 20.7 Å².